The minimum Gasteiger partial charge on any atom is -0.396 e. The van der Waals surface area contributed by atoms with E-state index in [1.807, 2.05) is 0 Å². The smallest absolute Gasteiger partial charge is 0.0431 e. The Hall–Kier alpha value is -0.300. The van der Waals surface area contributed by atoms with Crippen molar-refractivity contribution in [1.82, 2.24) is 0 Å². The molecule has 0 atom stereocenters. The molecule has 0 radical (unpaired) electrons. The number of hydrogen-bond acceptors (Lipinski definition) is 1. The first-order chi connectivity index (χ1) is 6.41. The largest absolute Gasteiger partial charge is 0.396 e. The monoisotopic (exact) mass is 184 g/mol. The zero-order valence-corrected chi connectivity index (χ0v) is 8.97. The first-order valence-corrected chi connectivity index (χ1v) is 5.67. The van der Waals surface area contributed by atoms with Gasteiger partial charge in [0.1, 0.15) is 0 Å². The molecule has 78 valence electrons. The first kappa shape index (κ1) is 12.7. The minimum atomic E-state index is 0.360. The Bertz CT molecular complexity index is 108. The van der Waals surface area contributed by atoms with E-state index in [-0.39, 0.29) is 0 Å². The first-order valence-electron chi connectivity index (χ1n) is 5.67. The predicted molar refractivity (Wildman–Crippen MR) is 58.8 cm³/mol. The van der Waals surface area contributed by atoms with Gasteiger partial charge < -0.3 is 5.11 Å². The van der Waals surface area contributed by atoms with Gasteiger partial charge in [-0.2, -0.15) is 0 Å². The molecule has 0 aromatic heterocycles. The summed E-state index contributed by atoms with van der Waals surface area (Å²) in [5, 5.41) is 8.56. The van der Waals surface area contributed by atoms with Gasteiger partial charge in [-0.25, -0.2) is 0 Å². The average Bonchev–Trinajstić information content (AvgIpc) is 2.16. The molecule has 0 spiro atoms. The molecule has 1 nitrogen and oxygen atoms in total. The summed E-state index contributed by atoms with van der Waals surface area (Å²) >= 11 is 0. The van der Waals surface area contributed by atoms with Crippen LogP contribution in [0.5, 0.6) is 0 Å². The molecule has 13 heavy (non-hydrogen) atoms. The number of hydrogen-bond donors (Lipinski definition) is 1. The summed E-state index contributed by atoms with van der Waals surface area (Å²) in [6.07, 6.45) is 14.4. The molecule has 0 fully saturated rings. The van der Waals surface area contributed by atoms with E-state index >= 15 is 0 Å². The van der Waals surface area contributed by atoms with Crippen molar-refractivity contribution in [2.45, 2.75) is 58.3 Å². The van der Waals surface area contributed by atoms with Crippen LogP contribution in [0, 0.1) is 0 Å². The van der Waals surface area contributed by atoms with Crippen molar-refractivity contribution < 1.29 is 5.11 Å². The lowest BCUT2D eigenvalue weighted by Crippen LogP contribution is -1.83. The predicted octanol–water partition coefficient (Wildman–Crippen LogP) is 3.68. The lowest BCUT2D eigenvalue weighted by Gasteiger charge is -1.98. The van der Waals surface area contributed by atoms with Crippen LogP contribution >= 0.6 is 0 Å². The van der Waals surface area contributed by atoms with Gasteiger partial charge in [0, 0.05) is 6.61 Å². The Morgan fingerprint density at radius 1 is 0.846 bits per heavy atom. The van der Waals surface area contributed by atoms with E-state index < -0.39 is 0 Å². The molecule has 0 amide bonds. The second-order valence-electron chi connectivity index (χ2n) is 3.51. The Kier molecular flexibility index (Phi) is 11.4. The third-order valence-corrected chi connectivity index (χ3v) is 2.18. The molecule has 0 saturated heterocycles. The molecule has 0 bridgehead atoms. The van der Waals surface area contributed by atoms with Crippen molar-refractivity contribution in [3.63, 3.8) is 0 Å². The highest BCUT2D eigenvalue weighted by atomic mass is 16.2. The molecule has 0 rings (SSSR count). The lowest BCUT2D eigenvalue weighted by atomic mass is 10.1. The van der Waals surface area contributed by atoms with Gasteiger partial charge in [-0.1, -0.05) is 44.8 Å². The maximum atomic E-state index is 8.56. The number of unbranched alkanes of at least 4 members (excludes halogenated alkanes) is 6. The van der Waals surface area contributed by atoms with Gasteiger partial charge in [0.05, 0.1) is 0 Å². The van der Waals surface area contributed by atoms with E-state index in [0.29, 0.717) is 6.61 Å². The van der Waals surface area contributed by atoms with Gasteiger partial charge in [-0.3, -0.25) is 0 Å². The van der Waals surface area contributed by atoms with Crippen molar-refractivity contribution in [2.75, 3.05) is 6.61 Å². The second kappa shape index (κ2) is 11.7. The fourth-order valence-electron chi connectivity index (χ4n) is 1.37. The van der Waals surface area contributed by atoms with E-state index in [0.717, 1.165) is 12.8 Å². The standard InChI is InChI=1S/C12H24O/c1-2-3-4-5-6-7-8-9-10-11-12-13/h3-4,13H,2,5-12H2,1H3/b4-3+. The SMILES string of the molecule is CC/C=C/CCCCCCCCO. The molecule has 0 aromatic rings. The van der Waals surface area contributed by atoms with Gasteiger partial charge in [0.15, 0.2) is 0 Å². The van der Waals surface area contributed by atoms with Crippen molar-refractivity contribution in [3.05, 3.63) is 12.2 Å². The Morgan fingerprint density at radius 2 is 1.46 bits per heavy atom. The third-order valence-electron chi connectivity index (χ3n) is 2.18. The van der Waals surface area contributed by atoms with E-state index in [2.05, 4.69) is 19.1 Å². The molecule has 0 heterocycles. The average molecular weight is 184 g/mol. The van der Waals surface area contributed by atoms with Crippen LogP contribution in [-0.4, -0.2) is 11.7 Å². The minimum absolute atomic E-state index is 0.360. The summed E-state index contributed by atoms with van der Waals surface area (Å²) in [5.41, 5.74) is 0. The summed E-state index contributed by atoms with van der Waals surface area (Å²) in [7, 11) is 0. The van der Waals surface area contributed by atoms with Gasteiger partial charge in [0.2, 0.25) is 0 Å². The van der Waals surface area contributed by atoms with Gasteiger partial charge in [0.25, 0.3) is 0 Å². The zero-order chi connectivity index (χ0) is 9.78. The Labute approximate surface area is 82.9 Å². The molecule has 0 aliphatic carbocycles. The van der Waals surface area contributed by atoms with Crippen LogP contribution in [0.3, 0.4) is 0 Å². The molecule has 0 aliphatic rings. The maximum absolute atomic E-state index is 8.56. The summed E-state index contributed by atoms with van der Waals surface area (Å²) < 4.78 is 0. The highest BCUT2D eigenvalue weighted by molar-refractivity contribution is 4.79. The molecule has 0 saturated carbocycles. The third kappa shape index (κ3) is 11.7. The van der Waals surface area contributed by atoms with Crippen LogP contribution in [0.15, 0.2) is 12.2 Å². The van der Waals surface area contributed by atoms with Crippen molar-refractivity contribution in [2.24, 2.45) is 0 Å². The number of aliphatic hydroxyl groups excluding tert-OH is 1. The van der Waals surface area contributed by atoms with Crippen LogP contribution in [0.4, 0.5) is 0 Å². The van der Waals surface area contributed by atoms with Gasteiger partial charge in [-0.05, 0) is 25.7 Å². The molecule has 1 heteroatoms. The number of rotatable bonds is 9. The zero-order valence-electron chi connectivity index (χ0n) is 8.97. The topological polar surface area (TPSA) is 20.2 Å². The highest BCUT2D eigenvalue weighted by Crippen LogP contribution is 2.07. The van der Waals surface area contributed by atoms with Crippen LogP contribution in [0.25, 0.3) is 0 Å². The normalized spacial score (nSPS) is 11.2. The fraction of sp³-hybridized carbons (Fsp3) is 0.833. The van der Waals surface area contributed by atoms with E-state index in [1.165, 1.54) is 38.5 Å². The van der Waals surface area contributed by atoms with Crippen molar-refractivity contribution in [3.8, 4) is 0 Å². The quantitative estimate of drug-likeness (QED) is 0.428. The van der Waals surface area contributed by atoms with E-state index in [1.54, 1.807) is 0 Å². The van der Waals surface area contributed by atoms with Gasteiger partial charge in [-0.15, -0.1) is 0 Å². The Morgan fingerprint density at radius 3 is 2.08 bits per heavy atom. The highest BCUT2D eigenvalue weighted by Gasteiger charge is 1.89. The molecule has 0 aliphatic heterocycles. The van der Waals surface area contributed by atoms with Crippen LogP contribution in [0.2, 0.25) is 0 Å². The van der Waals surface area contributed by atoms with Crippen LogP contribution < -0.4 is 0 Å². The van der Waals surface area contributed by atoms with Crippen LogP contribution in [-0.2, 0) is 0 Å². The molecular formula is C12H24O. The molecule has 1 N–H and O–H groups in total. The second-order valence-corrected chi connectivity index (χ2v) is 3.51. The molecular weight excluding hydrogens is 160 g/mol. The summed E-state index contributed by atoms with van der Waals surface area (Å²) in [4.78, 5) is 0. The summed E-state index contributed by atoms with van der Waals surface area (Å²) in [6.45, 7) is 2.53. The molecule has 0 aromatic carbocycles. The summed E-state index contributed by atoms with van der Waals surface area (Å²) in [5.74, 6) is 0. The Balaban J connectivity index is 2.87. The van der Waals surface area contributed by atoms with Crippen LogP contribution in [0.1, 0.15) is 58.3 Å². The van der Waals surface area contributed by atoms with E-state index in [4.69, 9.17) is 5.11 Å². The maximum Gasteiger partial charge on any atom is 0.0431 e. The van der Waals surface area contributed by atoms with Crippen molar-refractivity contribution >= 4 is 0 Å². The fourth-order valence-corrected chi connectivity index (χ4v) is 1.37. The lowest BCUT2D eigenvalue weighted by molar-refractivity contribution is 0.282. The van der Waals surface area contributed by atoms with Gasteiger partial charge >= 0.3 is 0 Å². The summed E-state index contributed by atoms with van der Waals surface area (Å²) in [6, 6.07) is 0. The number of allylic oxidation sites excluding steroid dienone is 2. The van der Waals surface area contributed by atoms with E-state index in [9.17, 15) is 0 Å². The number of aliphatic hydroxyl groups is 1. The molecule has 0 unspecified atom stereocenters. The van der Waals surface area contributed by atoms with Crippen molar-refractivity contribution in [1.29, 1.82) is 0 Å².